The molecule has 0 bridgehead atoms. The highest BCUT2D eigenvalue weighted by Gasteiger charge is 2.10. The number of nitrogens with zero attached hydrogens (tertiary/aromatic N) is 2. The van der Waals surface area contributed by atoms with Crippen LogP contribution in [-0.4, -0.2) is 28.7 Å². The van der Waals surface area contributed by atoms with E-state index in [0.29, 0.717) is 24.0 Å². The van der Waals surface area contributed by atoms with E-state index in [2.05, 4.69) is 27.7 Å². The summed E-state index contributed by atoms with van der Waals surface area (Å²) in [5.41, 5.74) is 0.793. The molecule has 0 aliphatic heterocycles. The molecule has 0 spiro atoms. The van der Waals surface area contributed by atoms with Gasteiger partial charge in [0.2, 0.25) is 11.7 Å². The normalized spacial score (nSPS) is 10.5. The summed E-state index contributed by atoms with van der Waals surface area (Å²) in [4.78, 5) is 28.9. The number of nitrogens with one attached hydrogen (secondary N) is 2. The molecule has 9 heteroatoms. The van der Waals surface area contributed by atoms with Gasteiger partial charge in [0, 0.05) is 16.9 Å². The summed E-state index contributed by atoms with van der Waals surface area (Å²) < 4.78 is 10.6. The molecular formula is C20H22N4O4S. The molecule has 1 aromatic carbocycles. The van der Waals surface area contributed by atoms with E-state index in [0.717, 1.165) is 29.7 Å². The van der Waals surface area contributed by atoms with E-state index in [9.17, 15) is 9.59 Å². The Labute approximate surface area is 172 Å². The van der Waals surface area contributed by atoms with Gasteiger partial charge < -0.3 is 14.6 Å². The molecule has 0 radical (unpaired) electrons. The maximum Gasteiger partial charge on any atom is 0.321 e. The number of aromatic nitrogens is 2. The number of urea groups is 1. The zero-order chi connectivity index (χ0) is 20.5. The van der Waals surface area contributed by atoms with Crippen LogP contribution in [0.2, 0.25) is 0 Å². The van der Waals surface area contributed by atoms with Crippen molar-refractivity contribution in [3.8, 4) is 17.1 Å². The molecule has 2 aromatic heterocycles. The predicted octanol–water partition coefficient (Wildman–Crippen LogP) is 3.55. The summed E-state index contributed by atoms with van der Waals surface area (Å²) in [6.07, 6.45) is 2.83. The number of thiophene rings is 1. The van der Waals surface area contributed by atoms with Crippen molar-refractivity contribution in [2.45, 2.75) is 32.7 Å². The highest BCUT2D eigenvalue weighted by atomic mass is 32.1. The summed E-state index contributed by atoms with van der Waals surface area (Å²) in [5.74, 6) is 1.10. The van der Waals surface area contributed by atoms with Gasteiger partial charge in [-0.3, -0.25) is 10.1 Å². The molecule has 0 fully saturated rings. The van der Waals surface area contributed by atoms with E-state index in [1.807, 2.05) is 17.5 Å². The average Bonchev–Trinajstić information content (AvgIpc) is 3.41. The fourth-order valence-corrected chi connectivity index (χ4v) is 3.08. The molecule has 2 heterocycles. The molecule has 0 atom stereocenters. The van der Waals surface area contributed by atoms with Gasteiger partial charge in [-0.25, -0.2) is 4.79 Å². The minimum atomic E-state index is -0.557. The van der Waals surface area contributed by atoms with Crippen LogP contribution in [0.15, 0.2) is 46.3 Å². The van der Waals surface area contributed by atoms with Crippen LogP contribution < -0.4 is 15.4 Å². The number of ether oxygens (including phenoxy) is 1. The number of hydrogen-bond acceptors (Lipinski definition) is 7. The molecule has 0 aliphatic rings. The van der Waals surface area contributed by atoms with Crippen molar-refractivity contribution in [3.63, 3.8) is 0 Å². The number of amides is 3. The molecular weight excluding hydrogens is 392 g/mol. The third-order valence-electron chi connectivity index (χ3n) is 3.95. The first-order chi connectivity index (χ1) is 14.1. The van der Waals surface area contributed by atoms with Crippen molar-refractivity contribution in [2.75, 3.05) is 6.61 Å². The maximum absolute atomic E-state index is 11.8. The van der Waals surface area contributed by atoms with Crippen LogP contribution in [0, 0.1) is 0 Å². The Morgan fingerprint density at radius 1 is 1.21 bits per heavy atom. The molecule has 152 valence electrons. The second-order valence-electron chi connectivity index (χ2n) is 6.24. The molecule has 29 heavy (non-hydrogen) atoms. The van der Waals surface area contributed by atoms with Crippen LogP contribution in [0.3, 0.4) is 0 Å². The Morgan fingerprint density at radius 3 is 2.76 bits per heavy atom. The number of rotatable bonds is 9. The first-order valence-electron chi connectivity index (χ1n) is 9.30. The van der Waals surface area contributed by atoms with E-state index in [1.54, 1.807) is 24.3 Å². The van der Waals surface area contributed by atoms with Crippen molar-refractivity contribution in [1.82, 2.24) is 20.8 Å². The maximum atomic E-state index is 11.8. The van der Waals surface area contributed by atoms with Crippen molar-refractivity contribution in [2.24, 2.45) is 0 Å². The summed E-state index contributed by atoms with van der Waals surface area (Å²) in [6.45, 7) is 2.21. The van der Waals surface area contributed by atoms with Gasteiger partial charge in [-0.15, -0.1) is 11.3 Å². The number of hydrogen-bond donors (Lipinski definition) is 2. The largest absolute Gasteiger partial charge is 0.484 e. The molecule has 3 rings (SSSR count). The summed E-state index contributed by atoms with van der Waals surface area (Å²) >= 11 is 1.53. The van der Waals surface area contributed by atoms with Crippen LogP contribution in [-0.2, 0) is 17.8 Å². The van der Waals surface area contributed by atoms with E-state index in [4.69, 9.17) is 9.26 Å². The highest BCUT2D eigenvalue weighted by molar-refractivity contribution is 7.09. The molecule has 0 unspecified atom stereocenters. The third-order valence-corrected chi connectivity index (χ3v) is 4.83. The van der Waals surface area contributed by atoms with Gasteiger partial charge in [-0.1, -0.05) is 24.6 Å². The number of carbonyl (C=O) groups is 2. The van der Waals surface area contributed by atoms with E-state index < -0.39 is 11.9 Å². The Morgan fingerprint density at radius 2 is 2.03 bits per heavy atom. The van der Waals surface area contributed by atoms with Crippen LogP contribution >= 0.6 is 11.3 Å². The van der Waals surface area contributed by atoms with Gasteiger partial charge in [0.25, 0.3) is 5.91 Å². The topological polar surface area (TPSA) is 106 Å². The van der Waals surface area contributed by atoms with Gasteiger partial charge in [0.1, 0.15) is 5.75 Å². The predicted molar refractivity (Wildman–Crippen MR) is 109 cm³/mol. The van der Waals surface area contributed by atoms with E-state index in [-0.39, 0.29) is 6.61 Å². The summed E-state index contributed by atoms with van der Waals surface area (Å²) in [5, 5.41) is 10.7. The lowest BCUT2D eigenvalue weighted by atomic mass is 10.2. The summed E-state index contributed by atoms with van der Waals surface area (Å²) in [7, 11) is 0. The standard InChI is InChI=1S/C20H22N4O4S/c1-2-3-6-18-23-19(24-28-18)14-7-9-15(10-8-14)27-13-17(25)22-20(26)21-12-16-5-4-11-29-16/h4-5,7-11H,2-3,6,12-13H2,1H3,(H2,21,22,25,26). The van der Waals surface area contributed by atoms with Gasteiger partial charge in [0.05, 0.1) is 6.54 Å². The fourth-order valence-electron chi connectivity index (χ4n) is 2.44. The lowest BCUT2D eigenvalue weighted by Gasteiger charge is -2.08. The quantitative estimate of drug-likeness (QED) is 0.555. The van der Waals surface area contributed by atoms with Gasteiger partial charge in [-0.05, 0) is 42.1 Å². The van der Waals surface area contributed by atoms with E-state index in [1.165, 1.54) is 11.3 Å². The Balaban J connectivity index is 1.42. The molecule has 3 aromatic rings. The second kappa shape index (κ2) is 10.4. The smallest absolute Gasteiger partial charge is 0.321 e. The number of unbranched alkanes of at least 4 members (excludes halogenated alkanes) is 1. The lowest BCUT2D eigenvalue weighted by Crippen LogP contribution is -2.41. The lowest BCUT2D eigenvalue weighted by molar-refractivity contribution is -0.122. The molecule has 8 nitrogen and oxygen atoms in total. The Bertz CT molecular complexity index is 922. The second-order valence-corrected chi connectivity index (χ2v) is 7.27. The molecule has 0 saturated heterocycles. The van der Waals surface area contributed by atoms with Crippen molar-refractivity contribution in [3.05, 3.63) is 52.5 Å². The monoisotopic (exact) mass is 414 g/mol. The fraction of sp³-hybridized carbons (Fsp3) is 0.300. The van der Waals surface area contributed by atoms with Crippen molar-refractivity contribution < 1.29 is 18.8 Å². The minimum absolute atomic E-state index is 0.269. The number of benzene rings is 1. The van der Waals surface area contributed by atoms with Crippen LogP contribution in [0.5, 0.6) is 5.75 Å². The molecule has 0 saturated carbocycles. The molecule has 3 amide bonds. The molecule has 0 aliphatic carbocycles. The number of aryl methyl sites for hydroxylation is 1. The van der Waals surface area contributed by atoms with Gasteiger partial charge in [-0.2, -0.15) is 4.98 Å². The first kappa shape index (κ1) is 20.5. The third kappa shape index (κ3) is 6.42. The zero-order valence-electron chi connectivity index (χ0n) is 16.0. The van der Waals surface area contributed by atoms with Crippen LogP contribution in [0.4, 0.5) is 4.79 Å². The first-order valence-corrected chi connectivity index (χ1v) is 10.2. The van der Waals surface area contributed by atoms with Crippen LogP contribution in [0.25, 0.3) is 11.4 Å². The Kier molecular flexibility index (Phi) is 7.34. The SMILES string of the molecule is CCCCc1nc(-c2ccc(OCC(=O)NC(=O)NCc3cccs3)cc2)no1. The van der Waals surface area contributed by atoms with Crippen LogP contribution in [0.1, 0.15) is 30.5 Å². The van der Waals surface area contributed by atoms with Gasteiger partial charge >= 0.3 is 6.03 Å². The van der Waals surface area contributed by atoms with Gasteiger partial charge in [0.15, 0.2) is 6.61 Å². The number of imide groups is 1. The summed E-state index contributed by atoms with van der Waals surface area (Å²) in [6, 6.07) is 10.2. The molecule has 2 N–H and O–H groups in total. The minimum Gasteiger partial charge on any atom is -0.484 e. The number of carbonyl (C=O) groups excluding carboxylic acids is 2. The zero-order valence-corrected chi connectivity index (χ0v) is 16.8. The Hall–Kier alpha value is -3.20. The van der Waals surface area contributed by atoms with Crippen molar-refractivity contribution >= 4 is 23.3 Å². The highest BCUT2D eigenvalue weighted by Crippen LogP contribution is 2.20. The van der Waals surface area contributed by atoms with E-state index >= 15 is 0 Å². The van der Waals surface area contributed by atoms with Crippen molar-refractivity contribution in [1.29, 1.82) is 0 Å². The average molecular weight is 414 g/mol.